The molecule has 0 aliphatic heterocycles. The number of rotatable bonds is 10. The molecule has 0 aromatic carbocycles. The highest BCUT2D eigenvalue weighted by Gasteiger charge is 2.29. The van der Waals surface area contributed by atoms with Gasteiger partial charge in [-0.3, -0.25) is 9.59 Å². The zero-order chi connectivity index (χ0) is 18.1. The maximum absolute atomic E-state index is 11.8. The average Bonchev–Trinajstić information content (AvgIpc) is 2.60. The molecule has 2 aliphatic rings. The predicted molar refractivity (Wildman–Crippen MR) is 102 cm³/mol. The van der Waals surface area contributed by atoms with Gasteiger partial charge in [0.25, 0.3) is 0 Å². The molecule has 2 saturated carbocycles. The van der Waals surface area contributed by atoms with Gasteiger partial charge in [-0.15, -0.1) is 23.2 Å². The fourth-order valence-corrected chi connectivity index (χ4v) is 5.04. The molecule has 2 fully saturated rings. The Bertz CT molecular complexity index is 389. The molecule has 0 saturated heterocycles. The van der Waals surface area contributed by atoms with Gasteiger partial charge in [-0.1, -0.05) is 0 Å². The summed E-state index contributed by atoms with van der Waals surface area (Å²) in [5.41, 5.74) is 0. The Morgan fingerprint density at radius 1 is 0.840 bits per heavy atom. The fraction of sp³-hybridized carbons (Fsp3) is 0.900. The normalized spacial score (nSPS) is 27.3. The van der Waals surface area contributed by atoms with E-state index in [1.165, 1.54) is 0 Å². The smallest absolute Gasteiger partial charge is 0.133 e. The van der Waals surface area contributed by atoms with E-state index in [0.717, 1.165) is 51.4 Å². The Morgan fingerprint density at radius 2 is 1.28 bits per heavy atom. The standard InChI is InChI=1S/C20H32Cl2O3/c21-9-7-17(15-3-1-5-19(23)11-15)13-25-14-18(8-10-22)16-4-2-6-20(24)12-16/h15-18H,1-14H2/t15?,16?,17-,18-/m1/s1. The number of halogens is 2. The molecule has 0 heterocycles. The minimum absolute atomic E-state index is 0.367. The van der Waals surface area contributed by atoms with Crippen LogP contribution in [0.4, 0.5) is 0 Å². The van der Waals surface area contributed by atoms with Gasteiger partial charge >= 0.3 is 0 Å². The van der Waals surface area contributed by atoms with Crippen molar-refractivity contribution in [3.8, 4) is 0 Å². The lowest BCUT2D eigenvalue weighted by Gasteiger charge is -2.32. The predicted octanol–water partition coefficient (Wildman–Crippen LogP) is 5.01. The molecule has 5 heteroatoms. The van der Waals surface area contributed by atoms with E-state index in [1.54, 1.807) is 0 Å². The zero-order valence-electron chi connectivity index (χ0n) is 15.2. The molecule has 0 radical (unpaired) electrons. The fourth-order valence-electron chi connectivity index (χ4n) is 4.48. The van der Waals surface area contributed by atoms with E-state index in [2.05, 4.69) is 0 Å². The highest BCUT2D eigenvalue weighted by Crippen LogP contribution is 2.33. The van der Waals surface area contributed by atoms with Gasteiger partial charge in [-0.05, 0) is 62.2 Å². The minimum Gasteiger partial charge on any atom is -0.381 e. The Kier molecular flexibility index (Phi) is 9.80. The molecule has 0 aromatic rings. The first-order valence-electron chi connectivity index (χ1n) is 9.87. The third-order valence-corrected chi connectivity index (χ3v) is 6.43. The summed E-state index contributed by atoms with van der Waals surface area (Å²) in [7, 11) is 0. The van der Waals surface area contributed by atoms with Gasteiger partial charge in [0.2, 0.25) is 0 Å². The molecule has 2 unspecified atom stereocenters. The van der Waals surface area contributed by atoms with Crippen LogP contribution in [0.5, 0.6) is 0 Å². The summed E-state index contributed by atoms with van der Waals surface area (Å²) in [6.45, 7) is 1.34. The Hall–Kier alpha value is -0.120. The zero-order valence-corrected chi connectivity index (χ0v) is 16.7. The number of carbonyl (C=O) groups is 2. The van der Waals surface area contributed by atoms with Crippen molar-refractivity contribution in [2.45, 2.75) is 64.2 Å². The molecule has 2 aliphatic carbocycles. The molecule has 144 valence electrons. The Balaban J connectivity index is 1.82. The van der Waals surface area contributed by atoms with E-state index in [-0.39, 0.29) is 0 Å². The topological polar surface area (TPSA) is 43.4 Å². The van der Waals surface area contributed by atoms with E-state index in [4.69, 9.17) is 27.9 Å². The molecule has 0 aromatic heterocycles. The second kappa shape index (κ2) is 11.6. The van der Waals surface area contributed by atoms with Crippen LogP contribution in [-0.4, -0.2) is 36.5 Å². The van der Waals surface area contributed by atoms with Gasteiger partial charge in [0, 0.05) is 50.7 Å². The average molecular weight is 391 g/mol. The van der Waals surface area contributed by atoms with Crippen LogP contribution in [0.2, 0.25) is 0 Å². The number of ketones is 2. The van der Waals surface area contributed by atoms with Crippen molar-refractivity contribution in [3.63, 3.8) is 0 Å². The van der Waals surface area contributed by atoms with Gasteiger partial charge < -0.3 is 4.74 Å². The maximum atomic E-state index is 11.8. The highest BCUT2D eigenvalue weighted by molar-refractivity contribution is 6.18. The van der Waals surface area contributed by atoms with Crippen molar-refractivity contribution in [1.29, 1.82) is 0 Å². The van der Waals surface area contributed by atoms with Gasteiger partial charge in [0.1, 0.15) is 11.6 Å². The number of hydrogen-bond donors (Lipinski definition) is 0. The lowest BCUT2D eigenvalue weighted by Crippen LogP contribution is -2.30. The van der Waals surface area contributed by atoms with Crippen molar-refractivity contribution >= 4 is 34.8 Å². The van der Waals surface area contributed by atoms with E-state index in [9.17, 15) is 9.59 Å². The van der Waals surface area contributed by atoms with Crippen LogP contribution >= 0.6 is 23.2 Å². The number of hydrogen-bond acceptors (Lipinski definition) is 3. The van der Waals surface area contributed by atoms with Crippen LogP contribution < -0.4 is 0 Å². The molecular formula is C20H32Cl2O3. The van der Waals surface area contributed by atoms with E-state index in [0.29, 0.717) is 73.1 Å². The molecule has 0 spiro atoms. The maximum Gasteiger partial charge on any atom is 0.133 e. The summed E-state index contributed by atoms with van der Waals surface area (Å²) >= 11 is 12.0. The van der Waals surface area contributed by atoms with Crippen LogP contribution in [-0.2, 0) is 14.3 Å². The van der Waals surface area contributed by atoms with E-state index >= 15 is 0 Å². The second-order valence-corrected chi connectivity index (χ2v) is 8.56. The Morgan fingerprint density at radius 3 is 1.64 bits per heavy atom. The van der Waals surface area contributed by atoms with Crippen LogP contribution in [0.3, 0.4) is 0 Å². The van der Waals surface area contributed by atoms with E-state index < -0.39 is 0 Å². The van der Waals surface area contributed by atoms with Gasteiger partial charge in [-0.2, -0.15) is 0 Å². The molecule has 4 atom stereocenters. The molecular weight excluding hydrogens is 359 g/mol. The molecule has 2 rings (SSSR count). The summed E-state index contributed by atoms with van der Waals surface area (Å²) in [5.74, 6) is 3.57. The molecule has 25 heavy (non-hydrogen) atoms. The van der Waals surface area contributed by atoms with E-state index in [1.807, 2.05) is 0 Å². The van der Waals surface area contributed by atoms with Gasteiger partial charge in [-0.25, -0.2) is 0 Å². The largest absolute Gasteiger partial charge is 0.381 e. The molecule has 0 amide bonds. The summed E-state index contributed by atoms with van der Waals surface area (Å²) in [5, 5.41) is 0. The number of carbonyl (C=O) groups excluding carboxylic acids is 2. The van der Waals surface area contributed by atoms with Crippen molar-refractivity contribution in [3.05, 3.63) is 0 Å². The first-order valence-corrected chi connectivity index (χ1v) is 10.9. The monoisotopic (exact) mass is 390 g/mol. The third-order valence-electron chi connectivity index (χ3n) is 6.00. The molecule has 3 nitrogen and oxygen atoms in total. The SMILES string of the molecule is O=C1CCCC([C@H](CCCl)COC[C@@H](CCCl)C2CCCC(=O)C2)C1. The van der Waals surface area contributed by atoms with Gasteiger partial charge in [0.15, 0.2) is 0 Å². The summed E-state index contributed by atoms with van der Waals surface area (Å²) in [4.78, 5) is 23.5. The lowest BCUT2D eigenvalue weighted by atomic mass is 9.78. The van der Waals surface area contributed by atoms with Crippen LogP contribution in [0.15, 0.2) is 0 Å². The minimum atomic E-state index is 0.367. The van der Waals surface area contributed by atoms with Crippen LogP contribution in [0.1, 0.15) is 64.2 Å². The Labute approximate surface area is 162 Å². The lowest BCUT2D eigenvalue weighted by molar-refractivity contribution is -0.122. The van der Waals surface area contributed by atoms with Crippen molar-refractivity contribution in [1.82, 2.24) is 0 Å². The number of ether oxygens (including phenoxy) is 1. The van der Waals surface area contributed by atoms with Crippen molar-refractivity contribution < 1.29 is 14.3 Å². The summed E-state index contributed by atoms with van der Waals surface area (Å²) in [6.07, 6.45) is 8.88. The summed E-state index contributed by atoms with van der Waals surface area (Å²) in [6, 6.07) is 0. The number of Topliss-reactive ketones (excluding diaryl/α,β-unsaturated/α-hetero) is 2. The van der Waals surface area contributed by atoms with Crippen LogP contribution in [0, 0.1) is 23.7 Å². The summed E-state index contributed by atoms with van der Waals surface area (Å²) < 4.78 is 6.10. The van der Waals surface area contributed by atoms with Gasteiger partial charge in [0.05, 0.1) is 0 Å². The van der Waals surface area contributed by atoms with Crippen LogP contribution in [0.25, 0.3) is 0 Å². The third kappa shape index (κ3) is 7.19. The molecule has 0 N–H and O–H groups in total. The molecule has 0 bridgehead atoms. The van der Waals surface area contributed by atoms with Crippen molar-refractivity contribution in [2.75, 3.05) is 25.0 Å². The number of alkyl halides is 2. The van der Waals surface area contributed by atoms with Crippen molar-refractivity contribution in [2.24, 2.45) is 23.7 Å². The first-order chi connectivity index (χ1) is 12.1. The highest BCUT2D eigenvalue weighted by atomic mass is 35.5. The quantitative estimate of drug-likeness (QED) is 0.492. The first kappa shape index (κ1) is 21.2. The second-order valence-electron chi connectivity index (χ2n) is 7.80.